The first-order valence-electron chi connectivity index (χ1n) is 11.2. The first kappa shape index (κ1) is 23.1. The number of hydroxylamine groups is 1. The van der Waals surface area contributed by atoms with Gasteiger partial charge in [-0.2, -0.15) is 0 Å². The highest BCUT2D eigenvalue weighted by atomic mass is 32.2. The Morgan fingerprint density at radius 2 is 1.97 bits per heavy atom. The standard InChI is InChI=1S/C24H35N3O2S/c1-3-26(4-2)16-13-19-5-7-20(8-6-19)21-9-11-23(12-10-21)30-27-17-14-22(15-18-27)24(28)25-29/h5-9,11,14,21,23,29H,3-4,10,12-13,15-18H2,1-2H3,(H,25,28). The summed E-state index contributed by atoms with van der Waals surface area (Å²) < 4.78 is 2.31. The van der Waals surface area contributed by atoms with E-state index in [0.29, 0.717) is 23.2 Å². The molecule has 1 aliphatic carbocycles. The monoisotopic (exact) mass is 429 g/mol. The zero-order valence-corrected chi connectivity index (χ0v) is 19.0. The minimum absolute atomic E-state index is 0.376. The molecule has 0 spiro atoms. The highest BCUT2D eigenvalue weighted by molar-refractivity contribution is 7.97. The van der Waals surface area contributed by atoms with Crippen LogP contribution < -0.4 is 5.48 Å². The molecule has 164 valence electrons. The summed E-state index contributed by atoms with van der Waals surface area (Å²) in [5, 5.41) is 9.24. The highest BCUT2D eigenvalue weighted by Crippen LogP contribution is 2.34. The van der Waals surface area contributed by atoms with E-state index < -0.39 is 0 Å². The molecule has 1 aliphatic heterocycles. The van der Waals surface area contributed by atoms with Crippen LogP contribution in [-0.4, -0.2) is 58.3 Å². The van der Waals surface area contributed by atoms with Crippen LogP contribution in [0, 0.1) is 0 Å². The van der Waals surface area contributed by atoms with Gasteiger partial charge < -0.3 is 4.90 Å². The van der Waals surface area contributed by atoms with Crippen LogP contribution in [0.2, 0.25) is 0 Å². The Morgan fingerprint density at radius 1 is 1.20 bits per heavy atom. The van der Waals surface area contributed by atoms with Crippen LogP contribution in [0.25, 0.3) is 0 Å². The normalized spacial score (nSPS) is 22.2. The van der Waals surface area contributed by atoms with Crippen molar-refractivity contribution in [3.8, 4) is 0 Å². The third kappa shape index (κ3) is 6.45. The summed E-state index contributed by atoms with van der Waals surface area (Å²) in [4.78, 5) is 13.9. The number of hydrogen-bond acceptors (Lipinski definition) is 5. The summed E-state index contributed by atoms with van der Waals surface area (Å²) in [7, 11) is 0. The SMILES string of the molecule is CCN(CC)CCc1ccc(C2C=CC(SN3CC=C(C(=O)NO)CC3)CC2)cc1. The maximum atomic E-state index is 11.5. The smallest absolute Gasteiger partial charge is 0.270 e. The summed E-state index contributed by atoms with van der Waals surface area (Å²) in [5.41, 5.74) is 5.24. The van der Waals surface area contributed by atoms with Gasteiger partial charge in [-0.05, 0) is 49.9 Å². The summed E-state index contributed by atoms with van der Waals surface area (Å²) in [6.45, 7) is 9.40. The molecule has 1 heterocycles. The summed E-state index contributed by atoms with van der Waals surface area (Å²) in [6, 6.07) is 9.22. The lowest BCUT2D eigenvalue weighted by Gasteiger charge is -2.30. The van der Waals surface area contributed by atoms with Gasteiger partial charge in [-0.15, -0.1) is 0 Å². The average molecular weight is 430 g/mol. The molecule has 2 unspecified atom stereocenters. The van der Waals surface area contributed by atoms with Crippen molar-refractivity contribution < 1.29 is 10.0 Å². The van der Waals surface area contributed by atoms with Gasteiger partial charge in [-0.3, -0.25) is 10.0 Å². The van der Waals surface area contributed by atoms with Gasteiger partial charge in [0.15, 0.2) is 0 Å². The van der Waals surface area contributed by atoms with Crippen molar-refractivity contribution in [1.82, 2.24) is 14.7 Å². The molecule has 0 saturated heterocycles. The van der Waals surface area contributed by atoms with Crippen molar-refractivity contribution in [2.45, 2.75) is 50.7 Å². The Hall–Kier alpha value is -1.60. The Kier molecular flexibility index (Phi) is 9.00. The average Bonchev–Trinajstić information content (AvgIpc) is 2.81. The number of nitrogens with zero attached hydrogens (tertiary/aromatic N) is 2. The maximum absolute atomic E-state index is 11.5. The number of rotatable bonds is 9. The number of nitrogens with one attached hydrogen (secondary N) is 1. The van der Waals surface area contributed by atoms with Gasteiger partial charge in [0.2, 0.25) is 0 Å². The van der Waals surface area contributed by atoms with Gasteiger partial charge in [0.1, 0.15) is 0 Å². The molecule has 0 fully saturated rings. The van der Waals surface area contributed by atoms with Crippen molar-refractivity contribution in [2.24, 2.45) is 0 Å². The van der Waals surface area contributed by atoms with E-state index >= 15 is 0 Å². The van der Waals surface area contributed by atoms with Gasteiger partial charge >= 0.3 is 0 Å². The number of likely N-dealkylation sites (N-methyl/N-ethyl adjacent to an activating group) is 1. The molecule has 2 atom stereocenters. The number of benzene rings is 1. The van der Waals surface area contributed by atoms with E-state index in [0.717, 1.165) is 39.1 Å². The number of amides is 1. The minimum atomic E-state index is -0.376. The quantitative estimate of drug-likeness (QED) is 0.267. The molecule has 0 radical (unpaired) electrons. The van der Waals surface area contributed by atoms with Crippen molar-refractivity contribution in [1.29, 1.82) is 0 Å². The highest BCUT2D eigenvalue weighted by Gasteiger charge is 2.22. The van der Waals surface area contributed by atoms with Crippen molar-refractivity contribution in [3.05, 3.63) is 59.2 Å². The zero-order chi connectivity index (χ0) is 21.3. The summed E-state index contributed by atoms with van der Waals surface area (Å²) in [6.07, 6.45) is 10.8. The zero-order valence-electron chi connectivity index (χ0n) is 18.2. The molecular weight excluding hydrogens is 394 g/mol. The number of hydrogen-bond donors (Lipinski definition) is 2. The lowest BCUT2D eigenvalue weighted by atomic mass is 9.88. The van der Waals surface area contributed by atoms with Gasteiger partial charge in [0.05, 0.1) is 0 Å². The van der Waals surface area contributed by atoms with Gasteiger partial charge in [0.25, 0.3) is 5.91 Å². The molecule has 1 aromatic rings. The van der Waals surface area contributed by atoms with Crippen LogP contribution in [0.5, 0.6) is 0 Å². The van der Waals surface area contributed by atoms with Crippen LogP contribution in [0.1, 0.15) is 50.2 Å². The molecule has 0 aromatic heterocycles. The van der Waals surface area contributed by atoms with Crippen LogP contribution in [-0.2, 0) is 11.2 Å². The van der Waals surface area contributed by atoms with Crippen molar-refractivity contribution >= 4 is 17.9 Å². The van der Waals surface area contributed by atoms with Crippen molar-refractivity contribution in [2.75, 3.05) is 32.7 Å². The summed E-state index contributed by atoms with van der Waals surface area (Å²) in [5.74, 6) is 0.138. The maximum Gasteiger partial charge on any atom is 0.270 e. The first-order valence-corrected chi connectivity index (χ1v) is 12.0. The molecule has 30 heavy (non-hydrogen) atoms. The van der Waals surface area contributed by atoms with Gasteiger partial charge in [0, 0.05) is 36.4 Å². The fourth-order valence-corrected chi connectivity index (χ4v) is 5.28. The van der Waals surface area contributed by atoms with E-state index in [1.165, 1.54) is 24.0 Å². The molecule has 6 heteroatoms. The van der Waals surface area contributed by atoms with E-state index in [1.54, 1.807) is 5.48 Å². The molecule has 2 N–H and O–H groups in total. The largest absolute Gasteiger partial charge is 0.304 e. The number of allylic oxidation sites excluding steroid dienone is 1. The molecule has 3 rings (SSSR count). The van der Waals surface area contributed by atoms with Crippen LogP contribution in [0.4, 0.5) is 0 Å². The van der Waals surface area contributed by atoms with Gasteiger partial charge in [-0.25, -0.2) is 9.79 Å². The molecule has 1 amide bonds. The molecule has 5 nitrogen and oxygen atoms in total. The Balaban J connectivity index is 1.46. The second kappa shape index (κ2) is 11.7. The second-order valence-electron chi connectivity index (χ2n) is 8.04. The van der Waals surface area contributed by atoms with E-state index in [-0.39, 0.29) is 5.91 Å². The molecule has 0 saturated carbocycles. The predicted octanol–water partition coefficient (Wildman–Crippen LogP) is 4.16. The Labute approximate surface area is 185 Å². The molecule has 1 aromatic carbocycles. The summed E-state index contributed by atoms with van der Waals surface area (Å²) >= 11 is 1.88. The predicted molar refractivity (Wildman–Crippen MR) is 125 cm³/mol. The third-order valence-corrected chi connectivity index (χ3v) is 7.48. The van der Waals surface area contributed by atoms with E-state index in [4.69, 9.17) is 5.21 Å². The first-order chi connectivity index (χ1) is 14.6. The van der Waals surface area contributed by atoms with Gasteiger partial charge in [-0.1, -0.05) is 68.3 Å². The van der Waals surface area contributed by atoms with Crippen molar-refractivity contribution in [3.63, 3.8) is 0 Å². The van der Waals surface area contributed by atoms with Crippen LogP contribution in [0.15, 0.2) is 48.1 Å². The molecule has 2 aliphatic rings. The third-order valence-electron chi connectivity index (χ3n) is 6.19. The lowest BCUT2D eigenvalue weighted by molar-refractivity contribution is -0.125. The fourth-order valence-electron chi connectivity index (χ4n) is 4.13. The fraction of sp³-hybridized carbons (Fsp3) is 0.542. The second-order valence-corrected chi connectivity index (χ2v) is 9.37. The number of carbonyl (C=O) groups excluding carboxylic acids is 1. The Bertz CT molecular complexity index is 743. The van der Waals surface area contributed by atoms with Crippen LogP contribution in [0.3, 0.4) is 0 Å². The topological polar surface area (TPSA) is 55.8 Å². The van der Waals surface area contributed by atoms with Crippen LogP contribution >= 0.6 is 11.9 Å². The number of carbonyl (C=O) groups is 1. The minimum Gasteiger partial charge on any atom is -0.304 e. The Morgan fingerprint density at radius 3 is 2.53 bits per heavy atom. The van der Waals surface area contributed by atoms with E-state index in [9.17, 15) is 4.79 Å². The van der Waals surface area contributed by atoms with E-state index in [1.807, 2.05) is 18.0 Å². The molecule has 0 bridgehead atoms. The molecular formula is C24H35N3O2S. The van der Waals surface area contributed by atoms with E-state index in [2.05, 4.69) is 59.5 Å². The lowest BCUT2D eigenvalue weighted by Crippen LogP contribution is -2.30.